The molecule has 5 nitrogen and oxygen atoms in total. The van der Waals surface area contributed by atoms with Crippen LogP contribution in [0.25, 0.3) is 16.6 Å². The van der Waals surface area contributed by atoms with Crippen LogP contribution in [-0.4, -0.2) is 23.5 Å². The molecule has 5 aromatic rings. The number of rotatable bonds is 6. The Morgan fingerprint density at radius 2 is 1.63 bits per heavy atom. The van der Waals surface area contributed by atoms with Gasteiger partial charge in [0.15, 0.2) is 5.60 Å². The molecule has 7 rings (SSSR count). The van der Waals surface area contributed by atoms with Gasteiger partial charge in [-0.15, -0.1) is 0 Å². The monoisotopic (exact) mass is 542 g/mol. The van der Waals surface area contributed by atoms with E-state index in [-0.39, 0.29) is 5.97 Å². The number of esters is 1. The van der Waals surface area contributed by atoms with Crippen LogP contribution in [0.2, 0.25) is 0 Å². The Morgan fingerprint density at radius 3 is 2.44 bits per heavy atom. The van der Waals surface area contributed by atoms with Gasteiger partial charge in [-0.3, -0.25) is 0 Å². The molecular formula is C36H34N2O3. The number of carbonyl (C=O) groups excluding carboxylic acids is 1. The Morgan fingerprint density at radius 1 is 0.878 bits per heavy atom. The van der Waals surface area contributed by atoms with Crippen LogP contribution in [0, 0.1) is 6.92 Å². The van der Waals surface area contributed by atoms with Gasteiger partial charge in [-0.25, -0.2) is 4.79 Å². The zero-order valence-corrected chi connectivity index (χ0v) is 23.5. The third-order valence-corrected chi connectivity index (χ3v) is 8.83. The summed E-state index contributed by atoms with van der Waals surface area (Å²) in [4.78, 5) is 13.7. The van der Waals surface area contributed by atoms with Crippen molar-refractivity contribution < 1.29 is 14.3 Å². The van der Waals surface area contributed by atoms with Gasteiger partial charge in [-0.05, 0) is 55.7 Å². The molecule has 2 aliphatic rings. The van der Waals surface area contributed by atoms with Gasteiger partial charge in [0.05, 0.1) is 18.2 Å². The molecule has 1 atom stereocenters. The summed E-state index contributed by atoms with van der Waals surface area (Å²) in [6.07, 6.45) is 8.25. The van der Waals surface area contributed by atoms with Crippen molar-refractivity contribution in [3.05, 3.63) is 125 Å². The van der Waals surface area contributed by atoms with Gasteiger partial charge in [0, 0.05) is 51.9 Å². The largest absolute Gasteiger partial charge is 0.496 e. The number of benzene rings is 3. The molecule has 1 saturated carbocycles. The van der Waals surface area contributed by atoms with Crippen LogP contribution < -0.4 is 10.1 Å². The SMILES string of the molecule is COc1cc(NC2CCCCC2)ccc1C1(c2c(-c3ccccc3)c(C)n3ccccc23)OC(=O)c2ccccc21. The second kappa shape index (κ2) is 10.2. The number of carbonyl (C=O) groups is 1. The summed E-state index contributed by atoms with van der Waals surface area (Å²) in [6.45, 7) is 2.13. The lowest BCUT2D eigenvalue weighted by Gasteiger charge is -2.33. The van der Waals surface area contributed by atoms with E-state index < -0.39 is 5.60 Å². The Hall–Kier alpha value is -4.51. The quantitative estimate of drug-likeness (QED) is 0.220. The first-order chi connectivity index (χ1) is 20.1. The maximum absolute atomic E-state index is 13.7. The molecule has 2 aromatic heterocycles. The number of pyridine rings is 1. The fraction of sp³-hybridized carbons (Fsp3) is 0.250. The minimum atomic E-state index is -1.21. The van der Waals surface area contributed by atoms with Crippen LogP contribution in [0.15, 0.2) is 97.2 Å². The highest BCUT2D eigenvalue weighted by Gasteiger charge is 2.53. The van der Waals surface area contributed by atoms with Crippen molar-refractivity contribution in [1.82, 2.24) is 4.40 Å². The van der Waals surface area contributed by atoms with E-state index in [1.165, 1.54) is 32.1 Å². The van der Waals surface area contributed by atoms with E-state index in [1.807, 2.05) is 42.5 Å². The molecule has 0 saturated heterocycles. The lowest BCUT2D eigenvalue weighted by molar-refractivity contribution is 0.0251. The van der Waals surface area contributed by atoms with E-state index in [4.69, 9.17) is 9.47 Å². The zero-order valence-electron chi connectivity index (χ0n) is 23.5. The smallest absolute Gasteiger partial charge is 0.340 e. The molecular weight excluding hydrogens is 508 g/mol. The van der Waals surface area contributed by atoms with Crippen LogP contribution in [0.5, 0.6) is 5.75 Å². The molecule has 1 fully saturated rings. The van der Waals surface area contributed by atoms with Gasteiger partial charge in [-0.1, -0.05) is 73.9 Å². The standard InChI is InChI=1S/C36H34N2O3/c1-24-33(25-13-5-3-6-14-25)34(31-19-11-12-22-38(24)31)36(29-18-10-9-17-28(29)35(39)41-36)30-21-20-27(23-32(30)40-2)37-26-15-7-4-8-16-26/h3,5-6,9-14,17-23,26,37H,4,7-8,15-16H2,1-2H3. The number of nitrogens with zero attached hydrogens (tertiary/aromatic N) is 1. The molecule has 41 heavy (non-hydrogen) atoms. The third kappa shape index (κ3) is 4.02. The predicted octanol–water partition coefficient (Wildman–Crippen LogP) is 8.13. The second-order valence-corrected chi connectivity index (χ2v) is 11.2. The molecule has 206 valence electrons. The number of nitrogens with one attached hydrogen (secondary N) is 1. The van der Waals surface area contributed by atoms with Gasteiger partial charge in [0.25, 0.3) is 0 Å². The van der Waals surface area contributed by atoms with Crippen molar-refractivity contribution in [2.24, 2.45) is 0 Å². The minimum Gasteiger partial charge on any atom is -0.496 e. The second-order valence-electron chi connectivity index (χ2n) is 11.2. The average molecular weight is 543 g/mol. The molecule has 0 bridgehead atoms. The normalized spacial score (nSPS) is 18.7. The Balaban J connectivity index is 1.53. The predicted molar refractivity (Wildman–Crippen MR) is 163 cm³/mol. The van der Waals surface area contributed by atoms with Crippen molar-refractivity contribution in [1.29, 1.82) is 0 Å². The van der Waals surface area contributed by atoms with E-state index in [2.05, 4.69) is 71.4 Å². The van der Waals surface area contributed by atoms with Crippen LogP contribution in [0.1, 0.15) is 64.8 Å². The summed E-state index contributed by atoms with van der Waals surface area (Å²) in [6, 6.07) is 31.0. The Bertz CT molecular complexity index is 1750. The van der Waals surface area contributed by atoms with E-state index in [0.717, 1.165) is 44.7 Å². The Labute approximate surface area is 240 Å². The third-order valence-electron chi connectivity index (χ3n) is 8.83. The van der Waals surface area contributed by atoms with Crippen LogP contribution in [0.3, 0.4) is 0 Å². The average Bonchev–Trinajstić information content (AvgIpc) is 3.49. The molecule has 3 aromatic carbocycles. The molecule has 1 aliphatic carbocycles. The number of hydrogen-bond donors (Lipinski definition) is 1. The number of anilines is 1. The highest BCUT2D eigenvalue weighted by molar-refractivity contribution is 5.98. The van der Waals surface area contributed by atoms with E-state index in [1.54, 1.807) is 7.11 Å². The van der Waals surface area contributed by atoms with Gasteiger partial charge < -0.3 is 19.2 Å². The van der Waals surface area contributed by atoms with Crippen molar-refractivity contribution in [3.63, 3.8) is 0 Å². The summed E-state index contributed by atoms with van der Waals surface area (Å²) in [7, 11) is 1.70. The van der Waals surface area contributed by atoms with Gasteiger partial charge in [0.1, 0.15) is 5.75 Å². The first-order valence-electron chi connectivity index (χ1n) is 14.6. The van der Waals surface area contributed by atoms with Crippen LogP contribution in [0.4, 0.5) is 5.69 Å². The molecule has 0 spiro atoms. The number of fused-ring (bicyclic) bond motifs is 2. The number of cyclic esters (lactones) is 1. The molecule has 0 amide bonds. The van der Waals surface area contributed by atoms with Gasteiger partial charge in [0.2, 0.25) is 0 Å². The van der Waals surface area contributed by atoms with Gasteiger partial charge in [-0.2, -0.15) is 0 Å². The molecule has 1 aliphatic heterocycles. The number of aryl methyl sites for hydroxylation is 1. The number of ether oxygens (including phenoxy) is 2. The molecule has 5 heteroatoms. The van der Waals surface area contributed by atoms with Crippen molar-refractivity contribution in [2.75, 3.05) is 12.4 Å². The van der Waals surface area contributed by atoms with E-state index >= 15 is 0 Å². The molecule has 3 heterocycles. The summed E-state index contributed by atoms with van der Waals surface area (Å²) in [5, 5.41) is 3.73. The highest BCUT2D eigenvalue weighted by Crippen LogP contribution is 2.55. The number of methoxy groups -OCH3 is 1. The topological polar surface area (TPSA) is 52.0 Å². The minimum absolute atomic E-state index is 0.334. The van der Waals surface area contributed by atoms with Crippen molar-refractivity contribution >= 4 is 17.2 Å². The van der Waals surface area contributed by atoms with Crippen molar-refractivity contribution in [3.8, 4) is 16.9 Å². The van der Waals surface area contributed by atoms with Crippen LogP contribution in [-0.2, 0) is 10.3 Å². The first-order valence-corrected chi connectivity index (χ1v) is 14.6. The molecule has 1 unspecified atom stereocenters. The number of aromatic nitrogens is 1. The summed E-state index contributed by atoms with van der Waals surface area (Å²) >= 11 is 0. The van der Waals surface area contributed by atoms with E-state index in [0.29, 0.717) is 17.4 Å². The summed E-state index contributed by atoms with van der Waals surface area (Å²) in [5.41, 5.74) is 7.13. The van der Waals surface area contributed by atoms with Crippen LogP contribution >= 0.6 is 0 Å². The molecule has 1 N–H and O–H groups in total. The highest BCUT2D eigenvalue weighted by atomic mass is 16.6. The summed E-state index contributed by atoms with van der Waals surface area (Å²) < 4.78 is 15.0. The maximum atomic E-state index is 13.7. The molecule has 0 radical (unpaired) electrons. The fourth-order valence-electron chi connectivity index (χ4n) is 6.98. The first kappa shape index (κ1) is 25.5. The fourth-order valence-corrected chi connectivity index (χ4v) is 6.98. The van der Waals surface area contributed by atoms with Crippen molar-refractivity contribution in [2.45, 2.75) is 50.7 Å². The van der Waals surface area contributed by atoms with Gasteiger partial charge >= 0.3 is 5.97 Å². The van der Waals surface area contributed by atoms with E-state index in [9.17, 15) is 4.79 Å². The number of hydrogen-bond acceptors (Lipinski definition) is 4. The zero-order chi connectivity index (χ0) is 28.0. The summed E-state index contributed by atoms with van der Waals surface area (Å²) in [5.74, 6) is 0.348. The lowest BCUT2D eigenvalue weighted by atomic mass is 9.76. The lowest BCUT2D eigenvalue weighted by Crippen LogP contribution is -2.31. The Kier molecular flexibility index (Phi) is 6.30. The maximum Gasteiger partial charge on any atom is 0.340 e.